The van der Waals surface area contributed by atoms with Crippen LogP contribution in [-0.4, -0.2) is 47.8 Å². The van der Waals surface area contributed by atoms with Gasteiger partial charge in [0, 0.05) is 12.6 Å². The lowest BCUT2D eigenvalue weighted by molar-refractivity contribution is 0.0346. The number of aliphatic hydroxyl groups is 1. The molecule has 0 radical (unpaired) electrons. The highest BCUT2D eigenvalue weighted by atomic mass is 16.3. The molecule has 0 saturated carbocycles. The minimum Gasteiger partial charge on any atom is -0.388 e. The van der Waals surface area contributed by atoms with Gasteiger partial charge in [-0.15, -0.1) is 13.2 Å². The molecule has 0 aromatic carbocycles. The standard InChI is InChI=1S/C18H32N2O/c1-3-10-18(21,11-4-2)15-19-14-16-8-7-13-20-12-6-5-9-17(16)20/h3-4,16-17,19,21H,1-2,5-15H2/t16-,17+/m0/s1. The van der Waals surface area contributed by atoms with E-state index in [1.807, 2.05) is 0 Å². The topological polar surface area (TPSA) is 35.5 Å². The van der Waals surface area contributed by atoms with E-state index in [0.717, 1.165) is 18.5 Å². The zero-order valence-corrected chi connectivity index (χ0v) is 13.4. The lowest BCUT2D eigenvalue weighted by atomic mass is 9.83. The van der Waals surface area contributed by atoms with E-state index in [2.05, 4.69) is 23.4 Å². The third kappa shape index (κ3) is 4.67. The van der Waals surface area contributed by atoms with E-state index in [4.69, 9.17) is 0 Å². The maximum Gasteiger partial charge on any atom is 0.0839 e. The molecule has 0 amide bonds. The first-order valence-corrected chi connectivity index (χ1v) is 8.57. The van der Waals surface area contributed by atoms with E-state index in [0.29, 0.717) is 19.4 Å². The molecule has 2 rings (SSSR count). The number of rotatable bonds is 8. The Bertz CT molecular complexity index is 330. The van der Waals surface area contributed by atoms with Gasteiger partial charge < -0.3 is 15.3 Å². The van der Waals surface area contributed by atoms with Crippen LogP contribution in [0.3, 0.4) is 0 Å². The molecule has 2 saturated heterocycles. The number of hydrogen-bond acceptors (Lipinski definition) is 3. The fourth-order valence-corrected chi connectivity index (χ4v) is 4.07. The molecule has 3 heteroatoms. The second kappa shape index (κ2) is 8.11. The van der Waals surface area contributed by atoms with Crippen LogP contribution in [0.2, 0.25) is 0 Å². The minimum absolute atomic E-state index is 0.617. The summed E-state index contributed by atoms with van der Waals surface area (Å²) in [5, 5.41) is 14.1. The van der Waals surface area contributed by atoms with Gasteiger partial charge in [0.25, 0.3) is 0 Å². The predicted molar refractivity (Wildman–Crippen MR) is 89.4 cm³/mol. The third-order valence-corrected chi connectivity index (χ3v) is 5.14. The summed E-state index contributed by atoms with van der Waals surface area (Å²) < 4.78 is 0. The largest absolute Gasteiger partial charge is 0.388 e. The van der Waals surface area contributed by atoms with Gasteiger partial charge in [0.15, 0.2) is 0 Å². The summed E-state index contributed by atoms with van der Waals surface area (Å²) in [6.45, 7) is 11.7. The van der Waals surface area contributed by atoms with Crippen molar-refractivity contribution in [2.45, 2.75) is 56.6 Å². The van der Waals surface area contributed by atoms with Crippen LogP contribution in [0.5, 0.6) is 0 Å². The fourth-order valence-electron chi connectivity index (χ4n) is 4.07. The Labute approximate surface area is 130 Å². The molecule has 0 spiro atoms. The van der Waals surface area contributed by atoms with Gasteiger partial charge in [-0.3, -0.25) is 0 Å². The van der Waals surface area contributed by atoms with Gasteiger partial charge in [-0.2, -0.15) is 0 Å². The highest BCUT2D eigenvalue weighted by molar-refractivity contribution is 4.94. The van der Waals surface area contributed by atoms with Crippen LogP contribution in [0, 0.1) is 5.92 Å². The smallest absolute Gasteiger partial charge is 0.0839 e. The summed E-state index contributed by atoms with van der Waals surface area (Å²) in [6.07, 6.45) is 11.6. The molecule has 120 valence electrons. The first-order valence-electron chi connectivity index (χ1n) is 8.57. The second-order valence-corrected chi connectivity index (χ2v) is 6.84. The average Bonchev–Trinajstić information content (AvgIpc) is 2.48. The molecule has 0 aromatic rings. The normalized spacial score (nSPS) is 27.1. The summed E-state index contributed by atoms with van der Waals surface area (Å²) in [5.74, 6) is 0.746. The Balaban J connectivity index is 1.81. The van der Waals surface area contributed by atoms with Crippen molar-refractivity contribution < 1.29 is 5.11 Å². The van der Waals surface area contributed by atoms with Crippen molar-refractivity contribution >= 4 is 0 Å². The molecule has 2 N–H and O–H groups in total. The first kappa shape index (κ1) is 16.7. The minimum atomic E-state index is -0.718. The van der Waals surface area contributed by atoms with Gasteiger partial charge in [-0.25, -0.2) is 0 Å². The molecule has 0 unspecified atom stereocenters. The number of hydrogen-bond donors (Lipinski definition) is 2. The van der Waals surface area contributed by atoms with Crippen LogP contribution in [-0.2, 0) is 0 Å². The van der Waals surface area contributed by atoms with Gasteiger partial charge in [-0.1, -0.05) is 18.6 Å². The highest BCUT2D eigenvalue weighted by Crippen LogP contribution is 2.30. The monoisotopic (exact) mass is 292 g/mol. The SMILES string of the molecule is C=CCC(O)(CC=C)CNC[C@@H]1CCCN2CCCC[C@H]12. The molecular weight excluding hydrogens is 260 g/mol. The van der Waals surface area contributed by atoms with E-state index in [-0.39, 0.29) is 0 Å². The molecule has 21 heavy (non-hydrogen) atoms. The molecule has 2 fully saturated rings. The van der Waals surface area contributed by atoms with Gasteiger partial charge in [-0.05, 0) is 64.1 Å². The third-order valence-electron chi connectivity index (χ3n) is 5.14. The van der Waals surface area contributed by atoms with Crippen LogP contribution in [0.15, 0.2) is 25.3 Å². The summed E-state index contributed by atoms with van der Waals surface area (Å²) in [5.41, 5.74) is -0.718. The maximum atomic E-state index is 10.6. The van der Waals surface area contributed by atoms with E-state index in [1.54, 1.807) is 12.2 Å². The predicted octanol–water partition coefficient (Wildman–Crippen LogP) is 2.72. The van der Waals surface area contributed by atoms with Crippen molar-refractivity contribution in [3.8, 4) is 0 Å². The van der Waals surface area contributed by atoms with Crippen molar-refractivity contribution in [2.75, 3.05) is 26.2 Å². The molecule has 2 atom stereocenters. The first-order chi connectivity index (χ1) is 10.2. The Kier molecular flexibility index (Phi) is 6.46. The van der Waals surface area contributed by atoms with Gasteiger partial charge in [0.05, 0.1) is 5.60 Å². The highest BCUT2D eigenvalue weighted by Gasteiger charge is 2.33. The Morgan fingerprint density at radius 3 is 2.52 bits per heavy atom. The van der Waals surface area contributed by atoms with Crippen LogP contribution < -0.4 is 5.32 Å². The maximum absolute atomic E-state index is 10.6. The average molecular weight is 292 g/mol. The quantitative estimate of drug-likeness (QED) is 0.675. The summed E-state index contributed by atoms with van der Waals surface area (Å²) >= 11 is 0. The lowest BCUT2D eigenvalue weighted by Crippen LogP contribution is -2.51. The molecule has 2 heterocycles. The number of nitrogens with one attached hydrogen (secondary N) is 1. The summed E-state index contributed by atoms with van der Waals surface area (Å²) in [7, 11) is 0. The van der Waals surface area contributed by atoms with E-state index in [9.17, 15) is 5.11 Å². The van der Waals surface area contributed by atoms with Crippen LogP contribution >= 0.6 is 0 Å². The van der Waals surface area contributed by atoms with E-state index < -0.39 is 5.60 Å². The zero-order valence-electron chi connectivity index (χ0n) is 13.4. The lowest BCUT2D eigenvalue weighted by Gasteiger charge is -2.44. The number of nitrogens with zero attached hydrogens (tertiary/aromatic N) is 1. The van der Waals surface area contributed by atoms with Crippen molar-refractivity contribution in [3.63, 3.8) is 0 Å². The number of fused-ring (bicyclic) bond motifs is 1. The summed E-state index contributed by atoms with van der Waals surface area (Å²) in [6, 6.07) is 0.770. The molecule has 0 aromatic heterocycles. The van der Waals surface area contributed by atoms with E-state index in [1.165, 1.54) is 45.2 Å². The van der Waals surface area contributed by atoms with Crippen LogP contribution in [0.1, 0.15) is 44.9 Å². The fraction of sp³-hybridized carbons (Fsp3) is 0.778. The van der Waals surface area contributed by atoms with Crippen molar-refractivity contribution in [2.24, 2.45) is 5.92 Å². The molecule has 3 nitrogen and oxygen atoms in total. The van der Waals surface area contributed by atoms with Crippen molar-refractivity contribution in [1.82, 2.24) is 10.2 Å². The molecule has 0 aliphatic carbocycles. The zero-order chi connectivity index (χ0) is 15.1. The van der Waals surface area contributed by atoms with E-state index >= 15 is 0 Å². The second-order valence-electron chi connectivity index (χ2n) is 6.84. The van der Waals surface area contributed by atoms with Crippen LogP contribution in [0.4, 0.5) is 0 Å². The molecule has 2 aliphatic rings. The van der Waals surface area contributed by atoms with Gasteiger partial charge in [0.1, 0.15) is 0 Å². The van der Waals surface area contributed by atoms with Crippen LogP contribution in [0.25, 0.3) is 0 Å². The molecule has 0 bridgehead atoms. The van der Waals surface area contributed by atoms with Crippen molar-refractivity contribution in [1.29, 1.82) is 0 Å². The summed E-state index contributed by atoms with van der Waals surface area (Å²) in [4.78, 5) is 2.69. The van der Waals surface area contributed by atoms with Crippen molar-refractivity contribution in [3.05, 3.63) is 25.3 Å². The number of piperidine rings is 2. The Morgan fingerprint density at radius 2 is 1.81 bits per heavy atom. The Morgan fingerprint density at radius 1 is 1.10 bits per heavy atom. The Hall–Kier alpha value is -0.640. The van der Waals surface area contributed by atoms with Gasteiger partial charge in [0.2, 0.25) is 0 Å². The molecular formula is C18H32N2O. The van der Waals surface area contributed by atoms with Gasteiger partial charge >= 0.3 is 0 Å². The molecule has 2 aliphatic heterocycles.